The van der Waals surface area contributed by atoms with Crippen LogP contribution in [0.15, 0.2) is 22.8 Å². The molecule has 1 saturated carbocycles. The standard InChI is InChI=1S/C10H16N2O2/c1-13-10(5-3-6-10)9(12-11)8-4-2-7-14-8/h2,4,7,9,12H,3,5-6,11H2,1H3. The second-order valence-electron chi connectivity index (χ2n) is 3.74. The van der Waals surface area contributed by atoms with Gasteiger partial charge in [0.25, 0.3) is 0 Å². The van der Waals surface area contributed by atoms with Gasteiger partial charge in [0.1, 0.15) is 11.8 Å². The fourth-order valence-electron chi connectivity index (χ4n) is 2.08. The van der Waals surface area contributed by atoms with Gasteiger partial charge in [-0.3, -0.25) is 5.84 Å². The SMILES string of the molecule is COC1(C(NN)c2ccco2)CCC1. The van der Waals surface area contributed by atoms with E-state index in [0.29, 0.717) is 0 Å². The third-order valence-electron chi connectivity index (χ3n) is 3.13. The average Bonchev–Trinajstić information content (AvgIpc) is 2.63. The summed E-state index contributed by atoms with van der Waals surface area (Å²) in [6.45, 7) is 0. The first-order valence-corrected chi connectivity index (χ1v) is 4.87. The summed E-state index contributed by atoms with van der Waals surface area (Å²) in [7, 11) is 1.73. The van der Waals surface area contributed by atoms with Crippen LogP contribution in [0.2, 0.25) is 0 Å². The molecule has 0 saturated heterocycles. The Kier molecular flexibility index (Phi) is 2.58. The molecule has 0 radical (unpaired) electrons. The molecule has 4 nitrogen and oxygen atoms in total. The Morgan fingerprint density at radius 1 is 1.64 bits per heavy atom. The molecule has 1 aliphatic rings. The van der Waals surface area contributed by atoms with E-state index in [1.165, 1.54) is 6.42 Å². The molecule has 2 rings (SSSR count). The molecule has 0 amide bonds. The van der Waals surface area contributed by atoms with Crippen LogP contribution in [0.1, 0.15) is 31.1 Å². The van der Waals surface area contributed by atoms with E-state index < -0.39 is 0 Å². The van der Waals surface area contributed by atoms with Crippen LogP contribution in [0.4, 0.5) is 0 Å². The van der Waals surface area contributed by atoms with Crippen molar-refractivity contribution in [2.24, 2.45) is 5.84 Å². The maximum Gasteiger partial charge on any atom is 0.124 e. The van der Waals surface area contributed by atoms with Crippen molar-refractivity contribution in [3.8, 4) is 0 Å². The minimum absolute atomic E-state index is 0.0451. The Hall–Kier alpha value is -0.840. The van der Waals surface area contributed by atoms with Crippen molar-refractivity contribution in [1.82, 2.24) is 5.43 Å². The van der Waals surface area contributed by atoms with Crippen molar-refractivity contribution >= 4 is 0 Å². The molecule has 3 N–H and O–H groups in total. The normalized spacial score (nSPS) is 21.6. The largest absolute Gasteiger partial charge is 0.468 e. The number of furan rings is 1. The summed E-state index contributed by atoms with van der Waals surface area (Å²) in [6, 6.07) is 3.74. The summed E-state index contributed by atoms with van der Waals surface area (Å²) in [5.41, 5.74) is 2.61. The second-order valence-corrected chi connectivity index (χ2v) is 3.74. The van der Waals surface area contributed by atoms with Crippen molar-refractivity contribution in [3.63, 3.8) is 0 Å². The molecule has 0 spiro atoms. The second kappa shape index (κ2) is 3.73. The molecule has 1 unspecified atom stereocenters. The van der Waals surface area contributed by atoms with E-state index in [-0.39, 0.29) is 11.6 Å². The first-order valence-electron chi connectivity index (χ1n) is 4.87. The van der Waals surface area contributed by atoms with Gasteiger partial charge in [-0.05, 0) is 31.4 Å². The molecule has 0 aliphatic heterocycles. The maximum absolute atomic E-state index is 5.55. The fraction of sp³-hybridized carbons (Fsp3) is 0.600. The maximum atomic E-state index is 5.55. The van der Waals surface area contributed by atoms with Gasteiger partial charge in [-0.25, -0.2) is 5.43 Å². The average molecular weight is 196 g/mol. The fourth-order valence-corrected chi connectivity index (χ4v) is 2.08. The number of nitrogens with one attached hydrogen (secondary N) is 1. The van der Waals surface area contributed by atoms with Crippen molar-refractivity contribution in [3.05, 3.63) is 24.2 Å². The lowest BCUT2D eigenvalue weighted by molar-refractivity contribution is -0.104. The van der Waals surface area contributed by atoms with Crippen LogP contribution < -0.4 is 11.3 Å². The van der Waals surface area contributed by atoms with Crippen LogP contribution in [-0.4, -0.2) is 12.7 Å². The molecule has 78 valence electrons. The van der Waals surface area contributed by atoms with Gasteiger partial charge in [0, 0.05) is 7.11 Å². The van der Waals surface area contributed by atoms with Gasteiger partial charge in [-0.15, -0.1) is 0 Å². The predicted molar refractivity (Wildman–Crippen MR) is 52.4 cm³/mol. The molecule has 1 heterocycles. The van der Waals surface area contributed by atoms with E-state index in [0.717, 1.165) is 18.6 Å². The van der Waals surface area contributed by atoms with E-state index in [1.807, 2.05) is 12.1 Å². The van der Waals surface area contributed by atoms with Gasteiger partial charge < -0.3 is 9.15 Å². The van der Waals surface area contributed by atoms with Crippen LogP contribution in [0.5, 0.6) is 0 Å². The van der Waals surface area contributed by atoms with Gasteiger partial charge >= 0.3 is 0 Å². The van der Waals surface area contributed by atoms with E-state index >= 15 is 0 Å². The zero-order valence-electron chi connectivity index (χ0n) is 8.32. The molecular formula is C10H16N2O2. The lowest BCUT2D eigenvalue weighted by Gasteiger charge is -2.45. The van der Waals surface area contributed by atoms with Crippen LogP contribution in [0.25, 0.3) is 0 Å². The molecule has 1 fully saturated rings. The number of hydrazine groups is 1. The van der Waals surface area contributed by atoms with Crippen molar-refractivity contribution in [1.29, 1.82) is 0 Å². The van der Waals surface area contributed by atoms with E-state index in [4.69, 9.17) is 15.0 Å². The zero-order valence-corrected chi connectivity index (χ0v) is 8.32. The highest BCUT2D eigenvalue weighted by molar-refractivity contribution is 5.13. The van der Waals surface area contributed by atoms with Crippen molar-refractivity contribution < 1.29 is 9.15 Å². The monoisotopic (exact) mass is 196 g/mol. The Bertz CT molecular complexity index is 275. The van der Waals surface area contributed by atoms with Gasteiger partial charge in [0.05, 0.1) is 11.9 Å². The molecular weight excluding hydrogens is 180 g/mol. The Labute approximate surface area is 83.4 Å². The van der Waals surface area contributed by atoms with Crippen LogP contribution in [0.3, 0.4) is 0 Å². The van der Waals surface area contributed by atoms with Crippen LogP contribution in [-0.2, 0) is 4.74 Å². The molecule has 1 aromatic rings. The van der Waals surface area contributed by atoms with Gasteiger partial charge in [-0.2, -0.15) is 0 Å². The van der Waals surface area contributed by atoms with Gasteiger partial charge in [0.15, 0.2) is 0 Å². The van der Waals surface area contributed by atoms with E-state index in [9.17, 15) is 0 Å². The van der Waals surface area contributed by atoms with Gasteiger partial charge in [0.2, 0.25) is 0 Å². The quantitative estimate of drug-likeness (QED) is 0.563. The van der Waals surface area contributed by atoms with Crippen LogP contribution >= 0.6 is 0 Å². The van der Waals surface area contributed by atoms with Crippen LogP contribution in [0, 0.1) is 0 Å². The number of ether oxygens (including phenoxy) is 1. The van der Waals surface area contributed by atoms with E-state index in [1.54, 1.807) is 13.4 Å². The molecule has 0 aromatic carbocycles. The first-order chi connectivity index (χ1) is 6.82. The molecule has 4 heteroatoms. The van der Waals surface area contributed by atoms with Gasteiger partial charge in [-0.1, -0.05) is 0 Å². The highest BCUT2D eigenvalue weighted by Crippen LogP contribution is 2.44. The van der Waals surface area contributed by atoms with E-state index in [2.05, 4.69) is 5.43 Å². The number of nitrogens with two attached hydrogens (primary N) is 1. The molecule has 14 heavy (non-hydrogen) atoms. The summed E-state index contributed by atoms with van der Waals surface area (Å²) < 4.78 is 10.9. The predicted octanol–water partition coefficient (Wildman–Crippen LogP) is 1.35. The minimum atomic E-state index is -0.174. The Morgan fingerprint density at radius 2 is 2.43 bits per heavy atom. The highest BCUT2D eigenvalue weighted by Gasteiger charge is 2.46. The Balaban J connectivity index is 2.20. The minimum Gasteiger partial charge on any atom is -0.468 e. The third-order valence-corrected chi connectivity index (χ3v) is 3.13. The molecule has 1 aliphatic carbocycles. The zero-order chi connectivity index (χ0) is 10.0. The number of methoxy groups -OCH3 is 1. The molecule has 0 bridgehead atoms. The summed E-state index contributed by atoms with van der Waals surface area (Å²) >= 11 is 0. The topological polar surface area (TPSA) is 60.4 Å². The molecule has 1 aromatic heterocycles. The smallest absolute Gasteiger partial charge is 0.124 e. The third kappa shape index (κ3) is 1.35. The van der Waals surface area contributed by atoms with Crippen molar-refractivity contribution in [2.45, 2.75) is 30.9 Å². The summed E-state index contributed by atoms with van der Waals surface area (Å²) in [5, 5.41) is 0. The number of hydrogen-bond acceptors (Lipinski definition) is 4. The molecule has 1 atom stereocenters. The van der Waals surface area contributed by atoms with Crippen molar-refractivity contribution in [2.75, 3.05) is 7.11 Å². The summed E-state index contributed by atoms with van der Waals surface area (Å²) in [5.74, 6) is 6.39. The Morgan fingerprint density at radius 3 is 2.79 bits per heavy atom. The lowest BCUT2D eigenvalue weighted by atomic mass is 9.74. The highest BCUT2D eigenvalue weighted by atomic mass is 16.5. The summed E-state index contributed by atoms with van der Waals surface area (Å²) in [6.07, 6.45) is 4.90. The lowest BCUT2D eigenvalue weighted by Crippen LogP contribution is -2.52. The summed E-state index contributed by atoms with van der Waals surface area (Å²) in [4.78, 5) is 0. The number of rotatable bonds is 4. The first kappa shape index (κ1) is 9.71. The number of hydrogen-bond donors (Lipinski definition) is 2.